The molecule has 0 aliphatic heterocycles. The molecule has 0 heterocycles. The Hall–Kier alpha value is -2.54. The molecule has 0 aromatic heterocycles. The minimum atomic E-state index is -3.79. The number of nitrogens with two attached hydrogens (primary N) is 1. The van der Waals surface area contributed by atoms with E-state index in [1.807, 2.05) is 6.92 Å². The zero-order valence-electron chi connectivity index (χ0n) is 12.2. The largest absolute Gasteiger partial charge is 0.495 e. The zero-order chi connectivity index (χ0) is 16.3. The van der Waals surface area contributed by atoms with Crippen molar-refractivity contribution in [3.63, 3.8) is 0 Å². The van der Waals surface area contributed by atoms with Gasteiger partial charge in [0.1, 0.15) is 5.75 Å². The lowest BCUT2D eigenvalue weighted by Gasteiger charge is -2.13. The van der Waals surface area contributed by atoms with E-state index in [-0.39, 0.29) is 16.1 Å². The summed E-state index contributed by atoms with van der Waals surface area (Å²) in [5.41, 5.74) is 6.49. The van der Waals surface area contributed by atoms with Gasteiger partial charge in [-0.3, -0.25) is 9.52 Å². The quantitative estimate of drug-likeness (QED) is 0.879. The molecule has 2 rings (SSSR count). The number of anilines is 1. The predicted molar refractivity (Wildman–Crippen MR) is 83.5 cm³/mol. The number of carbonyl (C=O) groups excluding carboxylic acids is 1. The van der Waals surface area contributed by atoms with Crippen molar-refractivity contribution in [2.45, 2.75) is 11.8 Å². The minimum Gasteiger partial charge on any atom is -0.495 e. The monoisotopic (exact) mass is 320 g/mol. The molecule has 3 N–H and O–H groups in total. The fraction of sp³-hybridized carbons (Fsp3) is 0.133. The molecule has 2 aromatic carbocycles. The first-order valence-electron chi connectivity index (χ1n) is 6.41. The van der Waals surface area contributed by atoms with Crippen LogP contribution < -0.4 is 15.2 Å². The van der Waals surface area contributed by atoms with Gasteiger partial charge in [-0.25, -0.2) is 8.42 Å². The minimum absolute atomic E-state index is 0.115. The Morgan fingerprint density at radius 2 is 1.77 bits per heavy atom. The van der Waals surface area contributed by atoms with Crippen LogP contribution in [0.15, 0.2) is 47.4 Å². The molecule has 7 heteroatoms. The topological polar surface area (TPSA) is 98.5 Å². The highest BCUT2D eigenvalue weighted by molar-refractivity contribution is 7.92. The fourth-order valence-electron chi connectivity index (χ4n) is 1.86. The maximum absolute atomic E-state index is 12.4. The van der Waals surface area contributed by atoms with E-state index in [0.29, 0.717) is 5.75 Å². The third-order valence-corrected chi connectivity index (χ3v) is 4.44. The Kier molecular flexibility index (Phi) is 4.37. The van der Waals surface area contributed by atoms with Gasteiger partial charge in [0.05, 0.1) is 17.7 Å². The van der Waals surface area contributed by atoms with E-state index in [0.717, 1.165) is 5.56 Å². The van der Waals surface area contributed by atoms with Crippen molar-refractivity contribution in [1.82, 2.24) is 0 Å². The van der Waals surface area contributed by atoms with Crippen LogP contribution in [-0.2, 0) is 10.0 Å². The molecule has 0 radical (unpaired) electrons. The van der Waals surface area contributed by atoms with Crippen LogP contribution in [0.25, 0.3) is 0 Å². The number of rotatable bonds is 5. The lowest BCUT2D eigenvalue weighted by atomic mass is 10.2. The Balaban J connectivity index is 2.42. The van der Waals surface area contributed by atoms with Gasteiger partial charge in [-0.1, -0.05) is 17.7 Å². The number of carbonyl (C=O) groups is 1. The summed E-state index contributed by atoms with van der Waals surface area (Å²) in [5, 5.41) is 0. The lowest BCUT2D eigenvalue weighted by molar-refractivity contribution is 0.100. The normalized spacial score (nSPS) is 11.0. The number of methoxy groups -OCH3 is 1. The van der Waals surface area contributed by atoms with Crippen molar-refractivity contribution < 1.29 is 17.9 Å². The Bertz CT molecular complexity index is 799. The molecule has 1 amide bonds. The van der Waals surface area contributed by atoms with E-state index in [4.69, 9.17) is 10.5 Å². The highest BCUT2D eigenvalue weighted by Crippen LogP contribution is 2.28. The number of amides is 1. The molecule has 0 bridgehead atoms. The molecule has 2 aromatic rings. The van der Waals surface area contributed by atoms with Crippen LogP contribution in [0, 0.1) is 6.92 Å². The van der Waals surface area contributed by atoms with Crippen LogP contribution in [0.5, 0.6) is 5.75 Å². The van der Waals surface area contributed by atoms with Crippen LogP contribution in [0.3, 0.4) is 0 Å². The molecule has 0 aliphatic carbocycles. The number of aryl methyl sites for hydroxylation is 1. The van der Waals surface area contributed by atoms with E-state index >= 15 is 0 Å². The van der Waals surface area contributed by atoms with E-state index in [2.05, 4.69) is 4.72 Å². The molecular formula is C15H16N2O4S. The molecule has 0 aliphatic rings. The van der Waals surface area contributed by atoms with Crippen LogP contribution in [0.2, 0.25) is 0 Å². The number of primary amides is 1. The Labute approximate surface area is 129 Å². The van der Waals surface area contributed by atoms with Gasteiger partial charge in [0.25, 0.3) is 10.0 Å². The van der Waals surface area contributed by atoms with E-state index < -0.39 is 15.9 Å². The zero-order valence-corrected chi connectivity index (χ0v) is 13.0. The summed E-state index contributed by atoms with van der Waals surface area (Å²) < 4.78 is 32.3. The fourth-order valence-corrected chi connectivity index (χ4v) is 2.92. The molecule has 6 nitrogen and oxygen atoms in total. The first-order chi connectivity index (χ1) is 10.3. The molecule has 0 atom stereocenters. The second kappa shape index (κ2) is 6.07. The van der Waals surface area contributed by atoms with Gasteiger partial charge in [-0.05, 0) is 37.3 Å². The number of benzene rings is 2. The number of sulfonamides is 1. The summed E-state index contributed by atoms with van der Waals surface area (Å²) >= 11 is 0. The summed E-state index contributed by atoms with van der Waals surface area (Å²) in [6.07, 6.45) is 0. The Morgan fingerprint density at radius 1 is 1.14 bits per heavy atom. The standard InChI is InChI=1S/C15H16N2O4S/c1-10-3-6-12(7-4-10)22(19,20)17-13-9-11(15(16)18)5-8-14(13)21-2/h3-9,17H,1-2H3,(H2,16,18). The van der Waals surface area contributed by atoms with Gasteiger partial charge < -0.3 is 10.5 Å². The number of nitrogens with one attached hydrogen (secondary N) is 1. The SMILES string of the molecule is COc1ccc(C(N)=O)cc1NS(=O)(=O)c1ccc(C)cc1. The maximum Gasteiger partial charge on any atom is 0.262 e. The van der Waals surface area contributed by atoms with Gasteiger partial charge in [0, 0.05) is 5.56 Å². The summed E-state index contributed by atoms with van der Waals surface area (Å²) in [4.78, 5) is 11.3. The molecular weight excluding hydrogens is 304 g/mol. The molecule has 0 spiro atoms. The van der Waals surface area contributed by atoms with Gasteiger partial charge in [-0.2, -0.15) is 0 Å². The first kappa shape index (κ1) is 15.8. The number of hydrogen-bond acceptors (Lipinski definition) is 4. The third-order valence-electron chi connectivity index (χ3n) is 3.06. The van der Waals surface area contributed by atoms with E-state index in [1.54, 1.807) is 12.1 Å². The second-order valence-electron chi connectivity index (χ2n) is 4.70. The molecule has 0 saturated heterocycles. The number of ether oxygens (including phenoxy) is 1. The van der Waals surface area contributed by atoms with Gasteiger partial charge >= 0.3 is 0 Å². The Morgan fingerprint density at radius 3 is 2.32 bits per heavy atom. The smallest absolute Gasteiger partial charge is 0.262 e. The first-order valence-corrected chi connectivity index (χ1v) is 7.89. The predicted octanol–water partition coefficient (Wildman–Crippen LogP) is 1.90. The van der Waals surface area contributed by atoms with Gasteiger partial charge in [0.15, 0.2) is 0 Å². The summed E-state index contributed by atoms with van der Waals surface area (Å²) in [6, 6.07) is 10.7. The van der Waals surface area contributed by atoms with Crippen molar-refractivity contribution >= 4 is 21.6 Å². The van der Waals surface area contributed by atoms with E-state index in [1.165, 1.54) is 37.4 Å². The molecule has 22 heavy (non-hydrogen) atoms. The highest BCUT2D eigenvalue weighted by atomic mass is 32.2. The average Bonchev–Trinajstić information content (AvgIpc) is 2.47. The van der Waals surface area contributed by atoms with Crippen LogP contribution in [0.4, 0.5) is 5.69 Å². The van der Waals surface area contributed by atoms with Crippen molar-refractivity contribution in [3.05, 3.63) is 53.6 Å². The second-order valence-corrected chi connectivity index (χ2v) is 6.38. The maximum atomic E-state index is 12.4. The van der Waals surface area contributed by atoms with E-state index in [9.17, 15) is 13.2 Å². The molecule has 0 saturated carbocycles. The lowest BCUT2D eigenvalue weighted by Crippen LogP contribution is -2.15. The van der Waals surface area contributed by atoms with Crippen molar-refractivity contribution in [2.24, 2.45) is 5.73 Å². The van der Waals surface area contributed by atoms with Crippen LogP contribution >= 0.6 is 0 Å². The van der Waals surface area contributed by atoms with Crippen molar-refractivity contribution in [2.75, 3.05) is 11.8 Å². The molecule has 0 unspecified atom stereocenters. The molecule has 116 valence electrons. The summed E-state index contributed by atoms with van der Waals surface area (Å²) in [5.74, 6) is -0.362. The van der Waals surface area contributed by atoms with Crippen LogP contribution in [-0.4, -0.2) is 21.4 Å². The van der Waals surface area contributed by atoms with Gasteiger partial charge in [0.2, 0.25) is 5.91 Å². The highest BCUT2D eigenvalue weighted by Gasteiger charge is 2.17. The van der Waals surface area contributed by atoms with Gasteiger partial charge in [-0.15, -0.1) is 0 Å². The summed E-state index contributed by atoms with van der Waals surface area (Å²) in [7, 11) is -2.38. The van der Waals surface area contributed by atoms with Crippen molar-refractivity contribution in [1.29, 1.82) is 0 Å². The average molecular weight is 320 g/mol. The van der Waals surface area contributed by atoms with Crippen molar-refractivity contribution in [3.8, 4) is 5.75 Å². The molecule has 0 fully saturated rings. The third kappa shape index (κ3) is 3.37. The van der Waals surface area contributed by atoms with Crippen LogP contribution in [0.1, 0.15) is 15.9 Å². The number of hydrogen-bond donors (Lipinski definition) is 2. The summed E-state index contributed by atoms with van der Waals surface area (Å²) in [6.45, 7) is 1.86.